The molecule has 1 aromatic rings. The van der Waals surface area contributed by atoms with Crippen molar-refractivity contribution in [2.75, 3.05) is 6.61 Å². The minimum Gasteiger partial charge on any atom is -0.370 e. The smallest absolute Gasteiger partial charge is 0.192 e. The second-order valence-corrected chi connectivity index (χ2v) is 6.49. The van der Waals surface area contributed by atoms with E-state index in [0.717, 1.165) is 12.8 Å². The maximum absolute atomic E-state index is 12.4. The molecule has 0 saturated heterocycles. The first-order valence-corrected chi connectivity index (χ1v) is 8.00. The van der Waals surface area contributed by atoms with E-state index in [1.165, 1.54) is 0 Å². The van der Waals surface area contributed by atoms with E-state index in [1.807, 2.05) is 0 Å². The molecule has 0 fully saturated rings. The Morgan fingerprint density at radius 2 is 2.05 bits per heavy atom. The van der Waals surface area contributed by atoms with Gasteiger partial charge in [0.25, 0.3) is 0 Å². The van der Waals surface area contributed by atoms with Crippen molar-refractivity contribution in [3.05, 3.63) is 46.0 Å². The lowest BCUT2D eigenvalue weighted by molar-refractivity contribution is 0.0256. The summed E-state index contributed by atoms with van der Waals surface area (Å²) in [4.78, 5) is 12.4. The molecular weight excluding hydrogens is 307 g/mol. The van der Waals surface area contributed by atoms with E-state index in [1.54, 1.807) is 25.1 Å². The molecule has 0 bridgehead atoms. The Hall–Kier alpha value is -0.830. The standard InChI is InChI=1S/C17H20Cl2O2/c1-11-5-3-4-6-13(11)10-21-12(2)17(20)15-8-7-14(18)9-16(15)19/h3-4,7-9,11-13H,5-6,10H2,1-2H3. The zero-order valence-electron chi connectivity index (χ0n) is 12.3. The quantitative estimate of drug-likeness (QED) is 0.550. The van der Waals surface area contributed by atoms with Gasteiger partial charge in [0.2, 0.25) is 0 Å². The second kappa shape index (κ2) is 7.44. The van der Waals surface area contributed by atoms with Crippen LogP contribution in [-0.4, -0.2) is 18.5 Å². The topological polar surface area (TPSA) is 26.3 Å². The molecule has 1 aromatic carbocycles. The highest BCUT2D eigenvalue weighted by molar-refractivity contribution is 6.37. The molecule has 0 heterocycles. The Bertz CT molecular complexity index is 540. The Morgan fingerprint density at radius 1 is 1.33 bits per heavy atom. The summed E-state index contributed by atoms with van der Waals surface area (Å²) in [5.41, 5.74) is 0.463. The first-order valence-electron chi connectivity index (χ1n) is 7.25. The molecule has 21 heavy (non-hydrogen) atoms. The van der Waals surface area contributed by atoms with Crippen LogP contribution in [0.5, 0.6) is 0 Å². The van der Waals surface area contributed by atoms with Gasteiger partial charge in [-0.2, -0.15) is 0 Å². The van der Waals surface area contributed by atoms with Gasteiger partial charge < -0.3 is 4.74 Å². The number of carbonyl (C=O) groups is 1. The van der Waals surface area contributed by atoms with Gasteiger partial charge in [0.15, 0.2) is 5.78 Å². The average molecular weight is 327 g/mol. The minimum absolute atomic E-state index is 0.101. The first kappa shape index (κ1) is 16.5. The SMILES string of the molecule is CC(OCC1CC=CCC1C)C(=O)c1ccc(Cl)cc1Cl. The van der Waals surface area contributed by atoms with E-state index in [9.17, 15) is 4.79 Å². The van der Waals surface area contributed by atoms with E-state index >= 15 is 0 Å². The van der Waals surface area contributed by atoms with Crippen molar-refractivity contribution < 1.29 is 9.53 Å². The predicted octanol–water partition coefficient (Wildman–Crippen LogP) is 5.18. The fraction of sp³-hybridized carbons (Fsp3) is 0.471. The molecule has 2 nitrogen and oxygen atoms in total. The lowest BCUT2D eigenvalue weighted by Crippen LogP contribution is -2.27. The van der Waals surface area contributed by atoms with Crippen LogP contribution in [0.1, 0.15) is 37.0 Å². The van der Waals surface area contributed by atoms with Crippen LogP contribution < -0.4 is 0 Å². The van der Waals surface area contributed by atoms with Crippen molar-refractivity contribution in [1.29, 1.82) is 0 Å². The molecule has 114 valence electrons. The molecule has 1 aliphatic rings. The second-order valence-electron chi connectivity index (χ2n) is 5.64. The Labute approximate surface area is 136 Å². The number of carbonyl (C=O) groups excluding carboxylic acids is 1. The van der Waals surface area contributed by atoms with Crippen LogP contribution in [0.3, 0.4) is 0 Å². The number of halogens is 2. The van der Waals surface area contributed by atoms with Crippen LogP contribution >= 0.6 is 23.2 Å². The summed E-state index contributed by atoms with van der Waals surface area (Å²) < 4.78 is 5.78. The molecule has 0 aliphatic heterocycles. The number of benzene rings is 1. The maximum Gasteiger partial charge on any atom is 0.192 e. The maximum atomic E-state index is 12.4. The van der Waals surface area contributed by atoms with Crippen LogP contribution in [0, 0.1) is 11.8 Å². The summed E-state index contributed by atoms with van der Waals surface area (Å²) in [6.45, 7) is 4.60. The van der Waals surface area contributed by atoms with Gasteiger partial charge in [-0.3, -0.25) is 4.79 Å². The van der Waals surface area contributed by atoms with E-state index in [4.69, 9.17) is 27.9 Å². The van der Waals surface area contributed by atoms with E-state index < -0.39 is 6.10 Å². The van der Waals surface area contributed by atoms with E-state index in [0.29, 0.717) is 34.1 Å². The van der Waals surface area contributed by atoms with Gasteiger partial charge in [-0.05, 0) is 49.8 Å². The molecule has 0 aromatic heterocycles. The van der Waals surface area contributed by atoms with Crippen molar-refractivity contribution in [3.8, 4) is 0 Å². The summed E-state index contributed by atoms with van der Waals surface area (Å²) in [6.07, 6.45) is 6.00. The van der Waals surface area contributed by atoms with Gasteiger partial charge in [0.1, 0.15) is 6.10 Å². The highest BCUT2D eigenvalue weighted by Gasteiger charge is 2.23. The van der Waals surface area contributed by atoms with Crippen LogP contribution in [0.2, 0.25) is 10.0 Å². The fourth-order valence-corrected chi connectivity index (χ4v) is 2.99. The molecule has 4 heteroatoms. The summed E-state index contributed by atoms with van der Waals surface area (Å²) in [6, 6.07) is 4.90. The summed E-state index contributed by atoms with van der Waals surface area (Å²) in [5.74, 6) is 0.970. The van der Waals surface area contributed by atoms with Crippen LogP contribution in [0.15, 0.2) is 30.4 Å². The van der Waals surface area contributed by atoms with Crippen molar-refractivity contribution in [2.45, 2.75) is 32.8 Å². The third-order valence-electron chi connectivity index (χ3n) is 4.04. The number of hydrogen-bond donors (Lipinski definition) is 0. The Balaban J connectivity index is 1.95. The number of Topliss-reactive ketones (excluding diaryl/α,β-unsaturated/α-hetero) is 1. The number of hydrogen-bond acceptors (Lipinski definition) is 2. The van der Waals surface area contributed by atoms with Gasteiger partial charge in [0.05, 0.1) is 11.6 Å². The molecule has 3 unspecified atom stereocenters. The van der Waals surface area contributed by atoms with Crippen molar-refractivity contribution >= 4 is 29.0 Å². The number of allylic oxidation sites excluding steroid dienone is 2. The normalized spacial score (nSPS) is 23.0. The van der Waals surface area contributed by atoms with Gasteiger partial charge >= 0.3 is 0 Å². The van der Waals surface area contributed by atoms with E-state index in [-0.39, 0.29) is 5.78 Å². The Kier molecular flexibility index (Phi) is 5.86. The minimum atomic E-state index is -0.498. The molecule has 0 N–H and O–H groups in total. The zero-order valence-corrected chi connectivity index (χ0v) is 13.8. The van der Waals surface area contributed by atoms with Gasteiger partial charge in [-0.15, -0.1) is 0 Å². The summed E-state index contributed by atoms with van der Waals surface area (Å²) >= 11 is 11.9. The summed E-state index contributed by atoms with van der Waals surface area (Å²) in [5, 5.41) is 0.893. The van der Waals surface area contributed by atoms with Crippen molar-refractivity contribution in [3.63, 3.8) is 0 Å². The van der Waals surface area contributed by atoms with Crippen molar-refractivity contribution in [2.24, 2.45) is 11.8 Å². The number of rotatable bonds is 5. The number of ketones is 1. The molecule has 0 saturated carbocycles. The largest absolute Gasteiger partial charge is 0.370 e. The lowest BCUT2D eigenvalue weighted by Gasteiger charge is -2.26. The third-order valence-corrected chi connectivity index (χ3v) is 4.59. The Morgan fingerprint density at radius 3 is 2.71 bits per heavy atom. The molecule has 0 spiro atoms. The molecule has 3 atom stereocenters. The monoisotopic (exact) mass is 326 g/mol. The average Bonchev–Trinajstić information content (AvgIpc) is 2.45. The summed E-state index contributed by atoms with van der Waals surface area (Å²) in [7, 11) is 0. The number of ether oxygens (including phenoxy) is 1. The molecule has 0 amide bonds. The van der Waals surface area contributed by atoms with Crippen LogP contribution in [0.4, 0.5) is 0 Å². The molecule has 1 aliphatic carbocycles. The zero-order chi connectivity index (χ0) is 15.4. The molecule has 0 radical (unpaired) electrons. The lowest BCUT2D eigenvalue weighted by atomic mass is 9.85. The molecule has 2 rings (SSSR count). The van der Waals surface area contributed by atoms with Crippen molar-refractivity contribution in [1.82, 2.24) is 0 Å². The van der Waals surface area contributed by atoms with Gasteiger partial charge in [0, 0.05) is 10.6 Å². The fourth-order valence-electron chi connectivity index (χ4n) is 2.49. The van der Waals surface area contributed by atoms with Gasteiger partial charge in [-0.25, -0.2) is 0 Å². The van der Waals surface area contributed by atoms with Gasteiger partial charge in [-0.1, -0.05) is 42.3 Å². The predicted molar refractivity (Wildman–Crippen MR) is 87.2 cm³/mol. The molecular formula is C17H20Cl2O2. The highest BCUT2D eigenvalue weighted by atomic mass is 35.5. The van der Waals surface area contributed by atoms with Crippen LogP contribution in [-0.2, 0) is 4.74 Å². The highest BCUT2D eigenvalue weighted by Crippen LogP contribution is 2.26. The third kappa shape index (κ3) is 4.32. The first-order chi connectivity index (χ1) is 9.99. The van der Waals surface area contributed by atoms with Crippen LogP contribution in [0.25, 0.3) is 0 Å². The van der Waals surface area contributed by atoms with E-state index in [2.05, 4.69) is 19.1 Å².